The fourth-order valence-electron chi connectivity index (χ4n) is 1.35. The second-order valence-electron chi connectivity index (χ2n) is 3.55. The van der Waals surface area contributed by atoms with Gasteiger partial charge in [0.2, 0.25) is 0 Å². The van der Waals surface area contributed by atoms with Crippen LogP contribution in [0.5, 0.6) is 11.5 Å². The predicted molar refractivity (Wildman–Crippen MR) is 79.8 cm³/mol. The van der Waals surface area contributed by atoms with E-state index in [9.17, 15) is 14.9 Å². The summed E-state index contributed by atoms with van der Waals surface area (Å²) in [7, 11) is 0. The Balaban J connectivity index is 2.33. The Morgan fingerprint density at radius 3 is 2.35 bits per heavy atom. The van der Waals surface area contributed by atoms with Crippen molar-refractivity contribution >= 4 is 54.9 Å². The van der Waals surface area contributed by atoms with Crippen LogP contribution in [0.25, 0.3) is 0 Å². The van der Waals surface area contributed by atoms with Gasteiger partial charge in [-0.25, -0.2) is 4.79 Å². The monoisotopic (exact) mass is 421 g/mol. The topological polar surface area (TPSA) is 89.7 Å². The minimum atomic E-state index is -1.04. The summed E-state index contributed by atoms with van der Waals surface area (Å²) in [5, 5.41) is 21.1. The number of benzene rings is 1. The Kier molecular flexibility index (Phi) is 4.41. The maximum atomic E-state index is 10.8. The van der Waals surface area contributed by atoms with Crippen LogP contribution in [0.15, 0.2) is 32.5 Å². The van der Waals surface area contributed by atoms with Crippen molar-refractivity contribution in [2.75, 3.05) is 0 Å². The quantitative estimate of drug-likeness (QED) is 0.571. The third kappa shape index (κ3) is 3.17. The lowest BCUT2D eigenvalue weighted by atomic mass is 10.3. The highest BCUT2D eigenvalue weighted by molar-refractivity contribution is 9.11. The smallest absolute Gasteiger partial charge is 0.346 e. The Morgan fingerprint density at radius 2 is 1.90 bits per heavy atom. The molecule has 9 heteroatoms. The van der Waals surface area contributed by atoms with Crippen molar-refractivity contribution in [1.29, 1.82) is 0 Å². The summed E-state index contributed by atoms with van der Waals surface area (Å²) in [6.45, 7) is 0. The van der Waals surface area contributed by atoms with Crippen LogP contribution >= 0.6 is 43.2 Å². The third-order valence-electron chi connectivity index (χ3n) is 2.20. The fourth-order valence-corrected chi connectivity index (χ4v) is 3.32. The van der Waals surface area contributed by atoms with Gasteiger partial charge in [0.25, 0.3) is 5.69 Å². The van der Waals surface area contributed by atoms with Crippen LogP contribution in [0, 0.1) is 10.1 Å². The van der Waals surface area contributed by atoms with Crippen molar-refractivity contribution in [2.45, 2.75) is 0 Å². The summed E-state index contributed by atoms with van der Waals surface area (Å²) < 4.78 is 6.32. The zero-order valence-corrected chi connectivity index (χ0v) is 13.5. The fraction of sp³-hybridized carbons (Fsp3) is 0. The first-order valence-electron chi connectivity index (χ1n) is 5.01. The lowest BCUT2D eigenvalue weighted by molar-refractivity contribution is -0.385. The third-order valence-corrected chi connectivity index (χ3v) is 4.27. The van der Waals surface area contributed by atoms with E-state index in [4.69, 9.17) is 9.84 Å². The molecule has 0 aliphatic heterocycles. The molecule has 0 saturated heterocycles. The standard InChI is InChI=1S/C11H5Br2NO5S/c12-7-1-5(14(17)18)2-8(13)10(7)19-6-3-9(11(15)16)20-4-6/h1-4H,(H,15,16). The second-order valence-corrected chi connectivity index (χ2v) is 6.17. The molecule has 0 fully saturated rings. The van der Waals surface area contributed by atoms with Crippen molar-refractivity contribution < 1.29 is 19.6 Å². The average Bonchev–Trinajstić information content (AvgIpc) is 2.82. The van der Waals surface area contributed by atoms with Crippen LogP contribution in [0.2, 0.25) is 0 Å². The van der Waals surface area contributed by atoms with Gasteiger partial charge < -0.3 is 9.84 Å². The highest BCUT2D eigenvalue weighted by Crippen LogP contribution is 2.40. The number of hydrogen-bond donors (Lipinski definition) is 1. The molecule has 1 aromatic carbocycles. The normalized spacial score (nSPS) is 10.3. The molecule has 0 atom stereocenters. The molecule has 20 heavy (non-hydrogen) atoms. The molecule has 1 N–H and O–H groups in total. The predicted octanol–water partition coefficient (Wildman–Crippen LogP) is 4.67. The molecule has 2 rings (SSSR count). The van der Waals surface area contributed by atoms with Crippen LogP contribution in [0.1, 0.15) is 9.67 Å². The molecule has 0 spiro atoms. The van der Waals surface area contributed by atoms with E-state index in [0.717, 1.165) is 11.3 Å². The van der Waals surface area contributed by atoms with Crippen molar-refractivity contribution in [1.82, 2.24) is 0 Å². The summed E-state index contributed by atoms with van der Waals surface area (Å²) >= 11 is 7.41. The van der Waals surface area contributed by atoms with Gasteiger partial charge in [-0.2, -0.15) is 0 Å². The number of carboxylic acid groups (broad SMARTS) is 1. The van der Waals surface area contributed by atoms with Gasteiger partial charge in [0.15, 0.2) is 5.75 Å². The summed E-state index contributed by atoms with van der Waals surface area (Å²) in [6.07, 6.45) is 0. The van der Waals surface area contributed by atoms with E-state index in [1.54, 1.807) is 5.38 Å². The Labute approximate surface area is 133 Å². The molecule has 104 valence electrons. The number of nitro groups is 1. The minimum absolute atomic E-state index is 0.0901. The first-order chi connectivity index (χ1) is 9.38. The van der Waals surface area contributed by atoms with Crippen molar-refractivity contribution in [3.05, 3.63) is 47.5 Å². The van der Waals surface area contributed by atoms with E-state index in [2.05, 4.69) is 31.9 Å². The number of nitro benzene ring substituents is 1. The highest BCUT2D eigenvalue weighted by atomic mass is 79.9. The molecule has 0 bridgehead atoms. The van der Waals surface area contributed by atoms with E-state index in [0.29, 0.717) is 20.4 Å². The van der Waals surface area contributed by atoms with Gasteiger partial charge in [0.05, 0.1) is 13.9 Å². The van der Waals surface area contributed by atoms with E-state index < -0.39 is 10.9 Å². The first kappa shape index (κ1) is 14.9. The molecule has 0 unspecified atom stereocenters. The number of thiophene rings is 1. The zero-order valence-electron chi connectivity index (χ0n) is 9.50. The van der Waals surface area contributed by atoms with Crippen LogP contribution < -0.4 is 4.74 Å². The van der Waals surface area contributed by atoms with Gasteiger partial charge >= 0.3 is 5.97 Å². The van der Waals surface area contributed by atoms with E-state index in [1.165, 1.54) is 18.2 Å². The molecule has 0 saturated carbocycles. The van der Waals surface area contributed by atoms with Gasteiger partial charge in [-0.15, -0.1) is 11.3 Å². The van der Waals surface area contributed by atoms with Gasteiger partial charge in [0, 0.05) is 23.6 Å². The lowest BCUT2D eigenvalue weighted by Crippen LogP contribution is -1.92. The number of hydrogen-bond acceptors (Lipinski definition) is 5. The van der Waals surface area contributed by atoms with Gasteiger partial charge in [-0.3, -0.25) is 10.1 Å². The van der Waals surface area contributed by atoms with E-state index >= 15 is 0 Å². The van der Waals surface area contributed by atoms with Gasteiger partial charge in [-0.05, 0) is 31.9 Å². The highest BCUT2D eigenvalue weighted by Gasteiger charge is 2.17. The van der Waals surface area contributed by atoms with Crippen LogP contribution in [0.3, 0.4) is 0 Å². The molecular weight excluding hydrogens is 418 g/mol. The number of carboxylic acids is 1. The summed E-state index contributed by atoms with van der Waals surface area (Å²) in [5.74, 6) is -0.348. The summed E-state index contributed by atoms with van der Waals surface area (Å²) in [5.41, 5.74) is -0.0901. The molecule has 6 nitrogen and oxygen atoms in total. The van der Waals surface area contributed by atoms with Crippen LogP contribution in [-0.4, -0.2) is 16.0 Å². The van der Waals surface area contributed by atoms with Gasteiger partial charge in [0.1, 0.15) is 10.6 Å². The number of halogens is 2. The lowest BCUT2D eigenvalue weighted by Gasteiger charge is -2.08. The van der Waals surface area contributed by atoms with Crippen molar-refractivity contribution in [3.63, 3.8) is 0 Å². The Bertz CT molecular complexity index is 677. The van der Waals surface area contributed by atoms with Crippen LogP contribution in [-0.2, 0) is 0 Å². The SMILES string of the molecule is O=C(O)c1cc(Oc2c(Br)cc([N+](=O)[O-])cc2Br)cs1. The average molecular weight is 423 g/mol. The molecule has 2 aromatic rings. The summed E-state index contributed by atoms with van der Waals surface area (Å²) in [6, 6.07) is 4.00. The number of nitrogens with zero attached hydrogens (tertiary/aromatic N) is 1. The molecule has 1 heterocycles. The summed E-state index contributed by atoms with van der Waals surface area (Å²) in [4.78, 5) is 21.1. The van der Waals surface area contributed by atoms with Crippen LogP contribution in [0.4, 0.5) is 5.69 Å². The largest absolute Gasteiger partial charge is 0.477 e. The number of aromatic carboxylic acids is 1. The molecule has 1 aromatic heterocycles. The first-order valence-corrected chi connectivity index (χ1v) is 7.48. The molecular formula is C11H5Br2NO5S. The Morgan fingerprint density at radius 1 is 1.30 bits per heavy atom. The number of non-ortho nitro benzene ring substituents is 1. The maximum Gasteiger partial charge on any atom is 0.346 e. The number of ether oxygens (including phenoxy) is 1. The number of rotatable bonds is 4. The van der Waals surface area contributed by atoms with Gasteiger partial charge in [-0.1, -0.05) is 0 Å². The molecule has 0 amide bonds. The van der Waals surface area contributed by atoms with E-state index in [-0.39, 0.29) is 10.6 Å². The number of carbonyl (C=O) groups is 1. The second kappa shape index (κ2) is 5.90. The molecule has 0 aliphatic rings. The van der Waals surface area contributed by atoms with Crippen molar-refractivity contribution in [2.24, 2.45) is 0 Å². The molecule has 0 aliphatic carbocycles. The zero-order chi connectivity index (χ0) is 14.9. The Hall–Kier alpha value is -1.45. The minimum Gasteiger partial charge on any atom is -0.477 e. The molecule has 0 radical (unpaired) electrons. The van der Waals surface area contributed by atoms with Crippen molar-refractivity contribution in [3.8, 4) is 11.5 Å². The maximum absolute atomic E-state index is 10.8. The van der Waals surface area contributed by atoms with E-state index in [1.807, 2.05) is 0 Å².